The van der Waals surface area contributed by atoms with Crippen molar-refractivity contribution in [2.24, 2.45) is 0 Å². The maximum atomic E-state index is 12.7. The number of phenols is 1. The summed E-state index contributed by atoms with van der Waals surface area (Å²) in [6.07, 6.45) is 1.64. The monoisotopic (exact) mass is 462 g/mol. The molecule has 152 valence electrons. The lowest BCUT2D eigenvalue weighted by molar-refractivity contribution is 0.102. The molecule has 1 amide bonds. The Labute approximate surface area is 185 Å². The summed E-state index contributed by atoms with van der Waals surface area (Å²) in [4.78, 5) is 25.1. The predicted molar refractivity (Wildman–Crippen MR) is 116 cm³/mol. The SMILES string of the molecule is O=C(Nc1cccc(Cn2nc3ccccn3c2=O)c1)c1c(O)c(Cl)cc(Cl)c1Cl. The Bertz CT molecular complexity index is 1320. The lowest BCUT2D eigenvalue weighted by Gasteiger charge is -2.11. The maximum Gasteiger partial charge on any atom is 0.350 e. The molecule has 0 bridgehead atoms. The van der Waals surface area contributed by atoms with Crippen LogP contribution in [0.25, 0.3) is 5.65 Å². The Morgan fingerprint density at radius 1 is 1.07 bits per heavy atom. The van der Waals surface area contributed by atoms with Gasteiger partial charge in [-0.05, 0) is 35.9 Å². The highest BCUT2D eigenvalue weighted by Gasteiger charge is 2.21. The molecule has 0 spiro atoms. The highest BCUT2D eigenvalue weighted by atomic mass is 35.5. The average molecular weight is 464 g/mol. The van der Waals surface area contributed by atoms with Gasteiger partial charge in [-0.1, -0.05) is 53.0 Å². The van der Waals surface area contributed by atoms with Gasteiger partial charge in [0.25, 0.3) is 5.91 Å². The smallest absolute Gasteiger partial charge is 0.350 e. The van der Waals surface area contributed by atoms with Crippen molar-refractivity contribution in [1.29, 1.82) is 0 Å². The fourth-order valence-electron chi connectivity index (χ4n) is 2.98. The first-order valence-electron chi connectivity index (χ1n) is 8.66. The van der Waals surface area contributed by atoms with E-state index in [9.17, 15) is 14.7 Å². The van der Waals surface area contributed by atoms with E-state index < -0.39 is 11.7 Å². The average Bonchev–Trinajstić information content (AvgIpc) is 3.03. The predicted octanol–water partition coefficient (Wildman–Crippen LogP) is 4.46. The maximum absolute atomic E-state index is 12.7. The first kappa shape index (κ1) is 20.3. The normalized spacial score (nSPS) is 11.0. The summed E-state index contributed by atoms with van der Waals surface area (Å²) in [6.45, 7) is 0.208. The molecule has 2 aromatic heterocycles. The van der Waals surface area contributed by atoms with Crippen LogP contribution in [-0.4, -0.2) is 25.2 Å². The van der Waals surface area contributed by atoms with Crippen LogP contribution < -0.4 is 11.0 Å². The van der Waals surface area contributed by atoms with Crippen molar-refractivity contribution < 1.29 is 9.90 Å². The van der Waals surface area contributed by atoms with E-state index in [0.29, 0.717) is 11.3 Å². The molecule has 0 aliphatic carbocycles. The Morgan fingerprint density at radius 3 is 2.63 bits per heavy atom. The first-order valence-corrected chi connectivity index (χ1v) is 9.79. The fraction of sp³-hybridized carbons (Fsp3) is 0.0500. The molecule has 2 N–H and O–H groups in total. The van der Waals surface area contributed by atoms with Crippen molar-refractivity contribution in [3.8, 4) is 5.75 Å². The second kappa shape index (κ2) is 8.02. The Hall–Kier alpha value is -3.00. The third-order valence-corrected chi connectivity index (χ3v) is 5.45. The van der Waals surface area contributed by atoms with Crippen molar-refractivity contribution in [1.82, 2.24) is 14.2 Å². The number of pyridine rings is 1. The molecule has 2 heterocycles. The van der Waals surface area contributed by atoms with Gasteiger partial charge in [0.05, 0.1) is 21.6 Å². The minimum atomic E-state index is -0.677. The van der Waals surface area contributed by atoms with E-state index >= 15 is 0 Å². The highest BCUT2D eigenvalue weighted by molar-refractivity contribution is 6.46. The summed E-state index contributed by atoms with van der Waals surface area (Å²) in [5, 5.41) is 16.9. The molecule has 0 fully saturated rings. The number of anilines is 1. The summed E-state index contributed by atoms with van der Waals surface area (Å²) in [5.41, 5.74) is 1.20. The van der Waals surface area contributed by atoms with E-state index in [4.69, 9.17) is 34.8 Å². The standard InChI is InChI=1S/C20H13Cl3N4O3/c21-13-9-14(22)18(28)16(17(13)23)19(29)24-12-5-3-4-11(8-12)10-27-20(30)26-7-2-1-6-15(26)25-27/h1-9,28H,10H2,(H,24,29). The van der Waals surface area contributed by atoms with Crippen LogP contribution in [0.5, 0.6) is 5.75 Å². The number of hydrogen-bond donors (Lipinski definition) is 2. The number of rotatable bonds is 4. The molecule has 0 radical (unpaired) electrons. The number of fused-ring (bicyclic) bond motifs is 1. The van der Waals surface area contributed by atoms with Crippen molar-refractivity contribution in [2.75, 3.05) is 5.32 Å². The largest absolute Gasteiger partial charge is 0.505 e. The Kier molecular flexibility index (Phi) is 5.42. The molecule has 0 saturated carbocycles. The van der Waals surface area contributed by atoms with Crippen LogP contribution in [0.2, 0.25) is 15.1 Å². The minimum absolute atomic E-state index is 0.0459. The zero-order valence-electron chi connectivity index (χ0n) is 15.1. The van der Waals surface area contributed by atoms with Crippen LogP contribution in [0.1, 0.15) is 15.9 Å². The number of nitrogens with one attached hydrogen (secondary N) is 1. The number of phenolic OH excluding ortho intramolecular Hbond substituents is 1. The molecular weight excluding hydrogens is 451 g/mol. The molecule has 7 nitrogen and oxygen atoms in total. The molecule has 0 saturated heterocycles. The first-order chi connectivity index (χ1) is 14.3. The zero-order valence-corrected chi connectivity index (χ0v) is 17.4. The van der Waals surface area contributed by atoms with Crippen molar-refractivity contribution in [2.45, 2.75) is 6.54 Å². The third-order valence-electron chi connectivity index (χ3n) is 4.38. The molecule has 4 aromatic rings. The molecule has 30 heavy (non-hydrogen) atoms. The van der Waals surface area contributed by atoms with Crippen molar-refractivity contribution in [3.05, 3.63) is 91.4 Å². The number of amides is 1. The van der Waals surface area contributed by atoms with E-state index in [1.54, 1.807) is 48.7 Å². The fourth-order valence-corrected chi connectivity index (χ4v) is 3.67. The molecular formula is C20H13Cl3N4O3. The molecule has 2 aromatic carbocycles. The van der Waals surface area contributed by atoms with E-state index in [2.05, 4.69) is 10.4 Å². The molecule has 4 rings (SSSR count). The van der Waals surface area contributed by atoms with E-state index in [-0.39, 0.29) is 32.9 Å². The van der Waals surface area contributed by atoms with Crippen molar-refractivity contribution in [3.63, 3.8) is 0 Å². The van der Waals surface area contributed by atoms with Crippen molar-refractivity contribution >= 4 is 52.0 Å². The number of carbonyl (C=O) groups is 1. The number of aromatic nitrogens is 3. The van der Waals surface area contributed by atoms with Crippen LogP contribution in [0, 0.1) is 0 Å². The molecule has 0 unspecified atom stereocenters. The Balaban J connectivity index is 1.61. The van der Waals surface area contributed by atoms with Gasteiger partial charge < -0.3 is 10.4 Å². The molecule has 10 heteroatoms. The van der Waals surface area contributed by atoms with Gasteiger partial charge in [0, 0.05) is 11.9 Å². The summed E-state index contributed by atoms with van der Waals surface area (Å²) in [6, 6.07) is 13.4. The van der Waals surface area contributed by atoms with Gasteiger partial charge in [0.15, 0.2) is 5.65 Å². The Morgan fingerprint density at radius 2 is 1.87 bits per heavy atom. The summed E-state index contributed by atoms with van der Waals surface area (Å²) < 4.78 is 2.77. The third kappa shape index (κ3) is 3.75. The highest BCUT2D eigenvalue weighted by Crippen LogP contribution is 2.38. The van der Waals surface area contributed by atoms with E-state index in [1.165, 1.54) is 15.1 Å². The van der Waals surface area contributed by atoms with Gasteiger partial charge in [0.2, 0.25) is 0 Å². The minimum Gasteiger partial charge on any atom is -0.505 e. The van der Waals surface area contributed by atoms with E-state index in [1.807, 2.05) is 0 Å². The van der Waals surface area contributed by atoms with Gasteiger partial charge >= 0.3 is 5.69 Å². The molecule has 0 aliphatic heterocycles. The number of halogens is 3. The van der Waals surface area contributed by atoms with Gasteiger partial charge in [-0.15, -0.1) is 5.10 Å². The number of nitrogens with zero attached hydrogens (tertiary/aromatic N) is 3. The summed E-state index contributed by atoms with van der Waals surface area (Å²) >= 11 is 17.9. The van der Waals surface area contributed by atoms with Crippen LogP contribution in [-0.2, 0) is 6.54 Å². The van der Waals surface area contributed by atoms with Crippen LogP contribution in [0.15, 0.2) is 59.5 Å². The summed E-state index contributed by atoms with van der Waals surface area (Å²) in [5.74, 6) is -1.14. The number of carbonyl (C=O) groups excluding carboxylic acids is 1. The van der Waals surface area contributed by atoms with Crippen LogP contribution >= 0.6 is 34.8 Å². The number of benzene rings is 2. The number of hydrogen-bond acceptors (Lipinski definition) is 4. The second-order valence-corrected chi connectivity index (χ2v) is 7.59. The summed E-state index contributed by atoms with van der Waals surface area (Å²) in [7, 11) is 0. The molecule has 0 aliphatic rings. The van der Waals surface area contributed by atoms with Gasteiger partial charge in [-0.25, -0.2) is 9.48 Å². The number of aromatic hydroxyl groups is 1. The quantitative estimate of drug-likeness (QED) is 0.437. The van der Waals surface area contributed by atoms with Gasteiger partial charge in [-0.3, -0.25) is 9.20 Å². The molecule has 0 atom stereocenters. The van der Waals surface area contributed by atoms with Crippen LogP contribution in [0.4, 0.5) is 5.69 Å². The zero-order chi connectivity index (χ0) is 21.4. The van der Waals surface area contributed by atoms with Gasteiger partial charge in [-0.2, -0.15) is 0 Å². The lowest BCUT2D eigenvalue weighted by Crippen LogP contribution is -2.21. The van der Waals surface area contributed by atoms with E-state index in [0.717, 1.165) is 5.56 Å². The topological polar surface area (TPSA) is 88.6 Å². The van der Waals surface area contributed by atoms with Crippen LogP contribution in [0.3, 0.4) is 0 Å². The lowest BCUT2D eigenvalue weighted by atomic mass is 10.1. The van der Waals surface area contributed by atoms with Gasteiger partial charge in [0.1, 0.15) is 11.3 Å². The second-order valence-electron chi connectivity index (χ2n) is 6.40.